The average Bonchev–Trinajstić information content (AvgIpc) is 2.76. The number of rotatable bonds is 6. The van der Waals surface area contributed by atoms with Crippen LogP contribution in [0, 0.1) is 0 Å². The summed E-state index contributed by atoms with van der Waals surface area (Å²) in [5, 5.41) is 14.0. The second-order valence-corrected chi connectivity index (χ2v) is 7.88. The van der Waals surface area contributed by atoms with Gasteiger partial charge in [0, 0.05) is 10.0 Å². The molecule has 0 bridgehead atoms. The zero-order chi connectivity index (χ0) is 21.5. The quantitative estimate of drug-likeness (QED) is 0.210. The van der Waals surface area contributed by atoms with Gasteiger partial charge in [0.25, 0.3) is 5.91 Å². The van der Waals surface area contributed by atoms with E-state index in [2.05, 4.69) is 42.4 Å². The lowest BCUT2D eigenvalue weighted by atomic mass is 10.1. The summed E-state index contributed by atoms with van der Waals surface area (Å²) in [5.41, 5.74) is 3.58. The minimum atomic E-state index is -1.35. The van der Waals surface area contributed by atoms with Gasteiger partial charge in [0.15, 0.2) is 11.9 Å². The second-order valence-electron chi connectivity index (χ2n) is 6.11. The topological polar surface area (TPSA) is 88.0 Å². The standard InChI is InChI=1S/C22H16Br2N2O4/c23-17-11-16(13-25-26-21(28)19(27)14-7-3-1-4-8-14)20(18(24)12-17)30-22(29)15-9-5-2-6-10-15/h1-13,19,27H,(H,26,28)/b25-13+. The molecule has 0 heterocycles. The number of carbonyl (C=O) groups excluding carboxylic acids is 2. The molecule has 0 aliphatic carbocycles. The van der Waals surface area contributed by atoms with E-state index in [1.807, 2.05) is 0 Å². The molecule has 152 valence electrons. The molecule has 0 aliphatic rings. The summed E-state index contributed by atoms with van der Waals surface area (Å²) in [4.78, 5) is 24.6. The van der Waals surface area contributed by atoms with Crippen LogP contribution in [-0.2, 0) is 4.79 Å². The van der Waals surface area contributed by atoms with E-state index in [1.165, 1.54) is 6.21 Å². The molecule has 0 spiro atoms. The fraction of sp³-hybridized carbons (Fsp3) is 0.0455. The molecule has 2 N–H and O–H groups in total. The van der Waals surface area contributed by atoms with Gasteiger partial charge in [-0.1, -0.05) is 64.5 Å². The Morgan fingerprint density at radius 3 is 2.30 bits per heavy atom. The van der Waals surface area contributed by atoms with Crippen LogP contribution in [0.25, 0.3) is 0 Å². The number of aliphatic hydroxyl groups excluding tert-OH is 1. The van der Waals surface area contributed by atoms with Crippen LogP contribution >= 0.6 is 31.9 Å². The minimum absolute atomic E-state index is 0.244. The number of esters is 1. The van der Waals surface area contributed by atoms with Crippen molar-refractivity contribution in [3.8, 4) is 5.75 Å². The van der Waals surface area contributed by atoms with Crippen LogP contribution in [0.4, 0.5) is 0 Å². The van der Waals surface area contributed by atoms with Gasteiger partial charge in [0.2, 0.25) is 0 Å². The highest BCUT2D eigenvalue weighted by Crippen LogP contribution is 2.32. The summed E-state index contributed by atoms with van der Waals surface area (Å²) >= 11 is 6.75. The van der Waals surface area contributed by atoms with E-state index in [4.69, 9.17) is 4.74 Å². The van der Waals surface area contributed by atoms with Crippen LogP contribution in [0.3, 0.4) is 0 Å². The van der Waals surface area contributed by atoms with Crippen molar-refractivity contribution in [3.63, 3.8) is 0 Å². The van der Waals surface area contributed by atoms with Crippen LogP contribution in [0.5, 0.6) is 5.75 Å². The monoisotopic (exact) mass is 530 g/mol. The number of hydrogen-bond acceptors (Lipinski definition) is 5. The molecular formula is C22H16Br2N2O4. The highest BCUT2D eigenvalue weighted by Gasteiger charge is 2.17. The molecule has 3 aromatic rings. The third-order valence-corrected chi connectivity index (χ3v) is 5.03. The van der Waals surface area contributed by atoms with Gasteiger partial charge in [-0.3, -0.25) is 4.79 Å². The third kappa shape index (κ3) is 5.63. The number of hydrazone groups is 1. The van der Waals surface area contributed by atoms with Gasteiger partial charge in [-0.05, 0) is 45.8 Å². The van der Waals surface area contributed by atoms with Crippen molar-refractivity contribution in [3.05, 3.63) is 98.4 Å². The molecule has 1 unspecified atom stereocenters. The van der Waals surface area contributed by atoms with Gasteiger partial charge in [-0.2, -0.15) is 5.10 Å². The highest BCUT2D eigenvalue weighted by molar-refractivity contribution is 9.11. The Balaban J connectivity index is 1.76. The van der Waals surface area contributed by atoms with E-state index in [9.17, 15) is 14.7 Å². The molecule has 6 nitrogen and oxygen atoms in total. The largest absolute Gasteiger partial charge is 0.421 e. The van der Waals surface area contributed by atoms with Crippen LogP contribution < -0.4 is 10.2 Å². The van der Waals surface area contributed by atoms with E-state index in [0.717, 1.165) is 0 Å². The Labute approximate surface area is 189 Å². The van der Waals surface area contributed by atoms with Crippen molar-refractivity contribution in [2.24, 2.45) is 5.10 Å². The van der Waals surface area contributed by atoms with Gasteiger partial charge in [-0.15, -0.1) is 0 Å². The second kappa shape index (κ2) is 10.3. The number of ether oxygens (including phenoxy) is 1. The molecule has 30 heavy (non-hydrogen) atoms. The molecule has 3 rings (SSSR count). The van der Waals surface area contributed by atoms with Gasteiger partial charge < -0.3 is 9.84 Å². The van der Waals surface area contributed by atoms with Crippen molar-refractivity contribution in [2.75, 3.05) is 0 Å². The highest BCUT2D eigenvalue weighted by atomic mass is 79.9. The first-order valence-corrected chi connectivity index (χ1v) is 10.4. The summed E-state index contributed by atoms with van der Waals surface area (Å²) in [6, 6.07) is 20.5. The maximum atomic E-state index is 12.4. The van der Waals surface area contributed by atoms with Crippen molar-refractivity contribution in [2.45, 2.75) is 6.10 Å². The van der Waals surface area contributed by atoms with Crippen molar-refractivity contribution in [1.82, 2.24) is 5.43 Å². The zero-order valence-electron chi connectivity index (χ0n) is 15.5. The van der Waals surface area contributed by atoms with Gasteiger partial charge in [-0.25, -0.2) is 10.2 Å². The maximum Gasteiger partial charge on any atom is 0.343 e. The molecule has 0 saturated heterocycles. The lowest BCUT2D eigenvalue weighted by Crippen LogP contribution is -2.25. The fourth-order valence-corrected chi connectivity index (χ4v) is 3.86. The molecule has 0 radical (unpaired) electrons. The zero-order valence-corrected chi connectivity index (χ0v) is 18.6. The van der Waals surface area contributed by atoms with E-state index < -0.39 is 18.0 Å². The van der Waals surface area contributed by atoms with E-state index in [-0.39, 0.29) is 5.75 Å². The number of benzene rings is 3. The predicted octanol–water partition coefficient (Wildman–Crippen LogP) is 4.61. The molecule has 1 atom stereocenters. The summed E-state index contributed by atoms with van der Waals surface area (Å²) in [5.74, 6) is -0.972. The fourth-order valence-electron chi connectivity index (χ4n) is 2.52. The van der Waals surface area contributed by atoms with Crippen LogP contribution in [-0.4, -0.2) is 23.2 Å². The van der Waals surface area contributed by atoms with Crippen molar-refractivity contribution < 1.29 is 19.4 Å². The molecular weight excluding hydrogens is 516 g/mol. The van der Waals surface area contributed by atoms with Crippen molar-refractivity contribution >= 4 is 50.0 Å². The third-order valence-electron chi connectivity index (χ3n) is 3.98. The first kappa shape index (κ1) is 21.9. The average molecular weight is 532 g/mol. The molecule has 3 aromatic carbocycles. The van der Waals surface area contributed by atoms with Crippen LogP contribution in [0.15, 0.2) is 86.8 Å². The lowest BCUT2D eigenvalue weighted by Gasteiger charge is -2.11. The first-order valence-electron chi connectivity index (χ1n) is 8.78. The van der Waals surface area contributed by atoms with Crippen LogP contribution in [0.2, 0.25) is 0 Å². The normalized spacial score (nSPS) is 11.8. The number of carbonyl (C=O) groups is 2. The Hall–Kier alpha value is -2.81. The minimum Gasteiger partial charge on any atom is -0.421 e. The van der Waals surface area contributed by atoms with Gasteiger partial charge in [0.1, 0.15) is 0 Å². The number of nitrogens with zero attached hydrogens (tertiary/aromatic N) is 1. The summed E-state index contributed by atoms with van der Waals surface area (Å²) in [7, 11) is 0. The molecule has 0 fully saturated rings. The maximum absolute atomic E-state index is 12.4. The Morgan fingerprint density at radius 2 is 1.63 bits per heavy atom. The molecule has 0 aromatic heterocycles. The molecule has 0 aliphatic heterocycles. The molecule has 1 amide bonds. The lowest BCUT2D eigenvalue weighted by molar-refractivity contribution is -0.129. The smallest absolute Gasteiger partial charge is 0.343 e. The number of hydrogen-bond donors (Lipinski definition) is 2. The molecule has 8 heteroatoms. The number of aliphatic hydroxyl groups is 1. The van der Waals surface area contributed by atoms with Crippen LogP contribution in [0.1, 0.15) is 27.6 Å². The number of halogens is 2. The van der Waals surface area contributed by atoms with Crippen molar-refractivity contribution in [1.29, 1.82) is 0 Å². The summed E-state index contributed by atoms with van der Waals surface area (Å²) in [6.45, 7) is 0. The SMILES string of the molecule is O=C(Oc1c(Br)cc(Br)cc1/C=N/NC(=O)C(O)c1ccccc1)c1ccccc1. The van der Waals surface area contributed by atoms with E-state index >= 15 is 0 Å². The number of amides is 1. The van der Waals surface area contributed by atoms with Gasteiger partial charge >= 0.3 is 5.97 Å². The number of nitrogens with one attached hydrogen (secondary N) is 1. The molecule has 0 saturated carbocycles. The predicted molar refractivity (Wildman–Crippen MR) is 120 cm³/mol. The Kier molecular flexibility index (Phi) is 7.51. The Morgan fingerprint density at radius 1 is 1.00 bits per heavy atom. The Bertz CT molecular complexity index is 1070. The summed E-state index contributed by atoms with van der Waals surface area (Å²) < 4.78 is 6.77. The van der Waals surface area contributed by atoms with Gasteiger partial charge in [0.05, 0.1) is 16.3 Å². The van der Waals surface area contributed by atoms with E-state index in [1.54, 1.807) is 72.8 Å². The first-order chi connectivity index (χ1) is 14.5. The summed E-state index contributed by atoms with van der Waals surface area (Å²) in [6.07, 6.45) is -0.0216. The van der Waals surface area contributed by atoms with E-state index in [0.29, 0.717) is 25.6 Å².